The third-order valence-corrected chi connectivity index (χ3v) is 8.92. The van der Waals surface area contributed by atoms with Crippen molar-refractivity contribution in [3.63, 3.8) is 0 Å². The number of carbonyl (C=O) groups is 1. The van der Waals surface area contributed by atoms with Crippen LogP contribution in [-0.2, 0) is 25.8 Å². The van der Waals surface area contributed by atoms with Crippen molar-refractivity contribution in [1.29, 1.82) is 0 Å². The fourth-order valence-electron chi connectivity index (χ4n) is 3.96. The zero-order valence-corrected chi connectivity index (χ0v) is 20.7. The largest absolute Gasteiger partial charge is 0.466 e. The number of piperidine rings is 1. The first-order valence-electron chi connectivity index (χ1n) is 11.9. The van der Waals surface area contributed by atoms with E-state index < -0.39 is 14.6 Å². The Kier molecular flexibility index (Phi) is 9.86. The van der Waals surface area contributed by atoms with Gasteiger partial charge in [-0.05, 0) is 77.5 Å². The molecule has 6 heteroatoms. The van der Waals surface area contributed by atoms with Crippen molar-refractivity contribution in [3.8, 4) is 0 Å². The van der Waals surface area contributed by atoms with Crippen LogP contribution in [0.5, 0.6) is 0 Å². The van der Waals surface area contributed by atoms with E-state index in [0.717, 1.165) is 64.5 Å². The van der Waals surface area contributed by atoms with Crippen LogP contribution in [0.3, 0.4) is 0 Å². The van der Waals surface area contributed by atoms with Gasteiger partial charge < -0.3 is 9.64 Å². The Morgan fingerprint density at radius 3 is 2.16 bits per heavy atom. The Bertz CT molecular complexity index is 773. The summed E-state index contributed by atoms with van der Waals surface area (Å²) < 4.78 is 28.7. The molecule has 1 saturated heterocycles. The van der Waals surface area contributed by atoms with Crippen molar-refractivity contribution in [1.82, 2.24) is 0 Å². The zero-order chi connectivity index (χ0) is 22.9. The van der Waals surface area contributed by atoms with Crippen molar-refractivity contribution in [2.24, 2.45) is 5.92 Å². The molecule has 176 valence electrons. The first kappa shape index (κ1) is 25.7. The van der Waals surface area contributed by atoms with Crippen LogP contribution in [0.15, 0.2) is 24.3 Å². The minimum absolute atomic E-state index is 0.0454. The molecule has 1 aliphatic heterocycles. The SMILES string of the molecule is CCOC(=O)C1CCN(c2ccc(CCCCCCCS(=O)(=O)C(C)(C)C)cc2)CC1. The van der Waals surface area contributed by atoms with Crippen molar-refractivity contribution in [3.05, 3.63) is 29.8 Å². The van der Waals surface area contributed by atoms with Crippen LogP contribution in [0.4, 0.5) is 5.69 Å². The van der Waals surface area contributed by atoms with E-state index in [1.807, 2.05) is 6.92 Å². The third kappa shape index (κ3) is 8.13. The summed E-state index contributed by atoms with van der Waals surface area (Å²) in [5, 5.41) is 0. The Hall–Kier alpha value is -1.56. The monoisotopic (exact) mass is 451 g/mol. The fraction of sp³-hybridized carbons (Fsp3) is 0.720. The topological polar surface area (TPSA) is 63.7 Å². The maximum absolute atomic E-state index is 12.1. The molecule has 0 bridgehead atoms. The summed E-state index contributed by atoms with van der Waals surface area (Å²) in [5.41, 5.74) is 2.58. The Morgan fingerprint density at radius 1 is 1.00 bits per heavy atom. The number of benzene rings is 1. The first-order valence-corrected chi connectivity index (χ1v) is 13.5. The highest BCUT2D eigenvalue weighted by Crippen LogP contribution is 2.25. The number of sulfone groups is 1. The van der Waals surface area contributed by atoms with Crippen LogP contribution in [0.25, 0.3) is 0 Å². The number of anilines is 1. The van der Waals surface area contributed by atoms with Gasteiger partial charge in [-0.1, -0.05) is 31.4 Å². The number of ether oxygens (including phenoxy) is 1. The Balaban J connectivity index is 1.63. The molecule has 0 unspecified atom stereocenters. The number of hydrogen-bond donors (Lipinski definition) is 0. The molecule has 1 aromatic rings. The van der Waals surface area contributed by atoms with E-state index >= 15 is 0 Å². The summed E-state index contributed by atoms with van der Waals surface area (Å²) in [5.74, 6) is 0.298. The molecule has 0 amide bonds. The van der Waals surface area contributed by atoms with Gasteiger partial charge in [0.05, 0.1) is 23.0 Å². The van der Waals surface area contributed by atoms with Gasteiger partial charge in [-0.2, -0.15) is 0 Å². The molecule has 1 aliphatic rings. The molecule has 2 rings (SSSR count). The second kappa shape index (κ2) is 11.9. The lowest BCUT2D eigenvalue weighted by Crippen LogP contribution is -2.36. The Morgan fingerprint density at radius 2 is 1.58 bits per heavy atom. The summed E-state index contributed by atoms with van der Waals surface area (Å²) in [6.07, 6.45) is 7.89. The number of esters is 1. The minimum atomic E-state index is -2.98. The van der Waals surface area contributed by atoms with Gasteiger partial charge in [0.2, 0.25) is 0 Å². The first-order chi connectivity index (χ1) is 14.6. The molecule has 0 aromatic heterocycles. The van der Waals surface area contributed by atoms with Crippen molar-refractivity contribution in [2.45, 2.75) is 83.8 Å². The van der Waals surface area contributed by atoms with Crippen molar-refractivity contribution in [2.75, 3.05) is 30.3 Å². The van der Waals surface area contributed by atoms with E-state index in [-0.39, 0.29) is 11.9 Å². The summed E-state index contributed by atoms with van der Waals surface area (Å²) >= 11 is 0. The number of nitrogens with zero attached hydrogens (tertiary/aromatic N) is 1. The van der Waals surface area contributed by atoms with Crippen LogP contribution >= 0.6 is 0 Å². The van der Waals surface area contributed by atoms with Gasteiger partial charge >= 0.3 is 5.97 Å². The van der Waals surface area contributed by atoms with E-state index in [9.17, 15) is 13.2 Å². The van der Waals surface area contributed by atoms with Gasteiger partial charge in [-0.25, -0.2) is 8.42 Å². The second-order valence-electron chi connectivity index (χ2n) is 9.63. The summed E-state index contributed by atoms with van der Waals surface area (Å²) in [6, 6.07) is 8.81. The second-order valence-corrected chi connectivity index (χ2v) is 12.5. The third-order valence-electron chi connectivity index (χ3n) is 6.23. The van der Waals surface area contributed by atoms with Crippen LogP contribution < -0.4 is 4.90 Å². The molecule has 0 radical (unpaired) electrons. The van der Waals surface area contributed by atoms with E-state index in [2.05, 4.69) is 29.2 Å². The Labute approximate surface area is 189 Å². The van der Waals surface area contributed by atoms with Gasteiger partial charge in [0, 0.05) is 18.8 Å². The van der Waals surface area contributed by atoms with Gasteiger partial charge in [0.15, 0.2) is 9.84 Å². The van der Waals surface area contributed by atoms with Crippen LogP contribution in [0.1, 0.15) is 78.2 Å². The number of rotatable bonds is 11. The van der Waals surface area contributed by atoms with Crippen LogP contribution in [-0.4, -0.2) is 44.6 Å². The fourth-order valence-corrected chi connectivity index (χ4v) is 5.16. The zero-order valence-electron chi connectivity index (χ0n) is 19.9. The number of aryl methyl sites for hydroxylation is 1. The lowest BCUT2D eigenvalue weighted by molar-refractivity contribution is -0.148. The van der Waals surface area contributed by atoms with Crippen molar-refractivity contribution < 1.29 is 17.9 Å². The van der Waals surface area contributed by atoms with Gasteiger partial charge in [0.25, 0.3) is 0 Å². The molecule has 5 nitrogen and oxygen atoms in total. The van der Waals surface area contributed by atoms with Gasteiger partial charge in [-0.3, -0.25) is 4.79 Å². The van der Waals surface area contributed by atoms with Crippen molar-refractivity contribution >= 4 is 21.5 Å². The molecule has 0 aliphatic carbocycles. The van der Waals surface area contributed by atoms with E-state index in [1.54, 1.807) is 20.8 Å². The lowest BCUT2D eigenvalue weighted by atomic mass is 9.96. The highest BCUT2D eigenvalue weighted by atomic mass is 32.2. The molecule has 1 heterocycles. The number of carbonyl (C=O) groups excluding carboxylic acids is 1. The molecule has 0 atom stereocenters. The van der Waals surface area contributed by atoms with E-state index in [4.69, 9.17) is 4.74 Å². The molecule has 0 N–H and O–H groups in total. The summed E-state index contributed by atoms with van der Waals surface area (Å²) in [4.78, 5) is 14.2. The van der Waals surface area contributed by atoms with Gasteiger partial charge in [-0.15, -0.1) is 0 Å². The smallest absolute Gasteiger partial charge is 0.309 e. The highest BCUT2D eigenvalue weighted by Gasteiger charge is 2.28. The van der Waals surface area contributed by atoms with Crippen LogP contribution in [0, 0.1) is 5.92 Å². The molecule has 1 fully saturated rings. The molecule has 1 aromatic carbocycles. The highest BCUT2D eigenvalue weighted by molar-refractivity contribution is 7.92. The number of unbranched alkanes of at least 4 members (excludes halogenated alkanes) is 4. The average molecular weight is 452 g/mol. The summed E-state index contributed by atoms with van der Waals surface area (Å²) in [6.45, 7) is 9.44. The number of hydrogen-bond acceptors (Lipinski definition) is 5. The van der Waals surface area contributed by atoms with Gasteiger partial charge in [0.1, 0.15) is 0 Å². The summed E-state index contributed by atoms with van der Waals surface area (Å²) in [7, 11) is -2.98. The van der Waals surface area contributed by atoms with Crippen LogP contribution in [0.2, 0.25) is 0 Å². The maximum Gasteiger partial charge on any atom is 0.309 e. The molecule has 0 saturated carbocycles. The minimum Gasteiger partial charge on any atom is -0.466 e. The maximum atomic E-state index is 12.1. The standard InChI is InChI=1S/C25H41NO4S/c1-5-30-24(27)22-16-18-26(19-17-22)23-14-12-21(13-15-23)11-9-7-6-8-10-20-31(28,29)25(2,3)4/h12-15,22H,5-11,16-20H2,1-4H3. The molecule has 0 spiro atoms. The lowest BCUT2D eigenvalue weighted by Gasteiger charge is -2.32. The normalized spacial score (nSPS) is 15.8. The molecular weight excluding hydrogens is 410 g/mol. The average Bonchev–Trinajstić information content (AvgIpc) is 2.73. The molecule has 31 heavy (non-hydrogen) atoms. The predicted octanol–water partition coefficient (Wildman–Crippen LogP) is 5.17. The quantitative estimate of drug-likeness (QED) is 0.343. The predicted molar refractivity (Wildman–Crippen MR) is 128 cm³/mol. The van der Waals surface area contributed by atoms with E-state index in [1.165, 1.54) is 11.3 Å². The van der Waals surface area contributed by atoms with E-state index in [0.29, 0.717) is 12.4 Å². The molecular formula is C25H41NO4S.